The normalized spacial score (nSPS) is 25.1. The van der Waals surface area contributed by atoms with Gasteiger partial charge < -0.3 is 4.74 Å². The van der Waals surface area contributed by atoms with E-state index in [4.69, 9.17) is 9.73 Å². The molecule has 0 bridgehead atoms. The molecule has 5 radical (unpaired) electrons. The van der Waals surface area contributed by atoms with Gasteiger partial charge in [-0.1, -0.05) is 73.7 Å². The molecule has 0 amide bonds. The molecule has 1 atom stereocenters. The molecule has 3 rings (SSSR count). The molecule has 0 spiro atoms. The van der Waals surface area contributed by atoms with Crippen LogP contribution < -0.4 is 0 Å². The fraction of sp³-hybridized carbons (Fsp3) is 0.333. The van der Waals surface area contributed by atoms with Crippen LogP contribution in [0.2, 0.25) is 0 Å². The van der Waals surface area contributed by atoms with Gasteiger partial charge >= 0.3 is 0 Å². The molecule has 1 heterocycles. The highest BCUT2D eigenvalue weighted by Gasteiger charge is 2.45. The number of ether oxygens (including phenoxy) is 1. The van der Waals surface area contributed by atoms with Crippen LogP contribution in [0, 0.1) is 34.0 Å². The number of rotatable bonds is 2. The van der Waals surface area contributed by atoms with Crippen LogP contribution in [0.15, 0.2) is 35.3 Å². The zero-order valence-corrected chi connectivity index (χ0v) is 14.7. The van der Waals surface area contributed by atoms with Crippen molar-refractivity contribution in [1.82, 2.24) is 0 Å². The van der Waals surface area contributed by atoms with Crippen LogP contribution in [0.3, 0.4) is 0 Å². The largest absolute Gasteiger partial charge is 0.478 e. The Morgan fingerprint density at radius 1 is 1.14 bits per heavy atom. The summed E-state index contributed by atoms with van der Waals surface area (Å²) in [6.07, 6.45) is 4.29. The number of nitrogens with zero attached hydrogens (tertiary/aromatic N) is 1. The maximum Gasteiger partial charge on any atom is 0.193 e. The van der Waals surface area contributed by atoms with Crippen LogP contribution in [0.1, 0.15) is 26.3 Å². The van der Waals surface area contributed by atoms with Crippen molar-refractivity contribution in [3.63, 3.8) is 0 Å². The van der Waals surface area contributed by atoms with E-state index in [1.54, 1.807) is 0 Å². The van der Waals surface area contributed by atoms with Crippen molar-refractivity contribution < 1.29 is 4.74 Å². The molecular weight excluding hydrogens is 373 g/mol. The zero-order chi connectivity index (χ0) is 15.0. The summed E-state index contributed by atoms with van der Waals surface area (Å²) >= 11 is 2.36. The third-order valence-electron chi connectivity index (χ3n) is 3.85. The SMILES string of the molecule is CC(C)(C)[C@H]1COC([C]2[C](I)[CH][CH][C]2c2ccccc2)=N1. The highest BCUT2D eigenvalue weighted by molar-refractivity contribution is 14.1. The summed E-state index contributed by atoms with van der Waals surface area (Å²) in [6.45, 7) is 7.30. The van der Waals surface area contributed by atoms with Crippen LogP contribution in [0.5, 0.6) is 0 Å². The van der Waals surface area contributed by atoms with E-state index in [1.165, 1.54) is 15.4 Å². The van der Waals surface area contributed by atoms with Gasteiger partial charge in [-0.15, -0.1) is 0 Å². The minimum Gasteiger partial charge on any atom is -0.478 e. The summed E-state index contributed by atoms with van der Waals surface area (Å²) in [6, 6.07) is 10.7. The molecule has 1 saturated carbocycles. The summed E-state index contributed by atoms with van der Waals surface area (Å²) in [5.41, 5.74) is 1.34. The lowest BCUT2D eigenvalue weighted by molar-refractivity contribution is 0.234. The number of hydrogen-bond donors (Lipinski definition) is 0. The Hall–Kier alpha value is -0.580. The van der Waals surface area contributed by atoms with Crippen molar-refractivity contribution in [2.45, 2.75) is 26.8 Å². The van der Waals surface area contributed by atoms with Crippen molar-refractivity contribution in [2.75, 3.05) is 6.61 Å². The summed E-state index contributed by atoms with van der Waals surface area (Å²) in [5, 5.41) is 0. The lowest BCUT2D eigenvalue weighted by atomic mass is 9.87. The first kappa shape index (κ1) is 15.3. The fourth-order valence-corrected chi connectivity index (χ4v) is 3.18. The first-order valence-corrected chi connectivity index (χ1v) is 8.26. The first-order valence-electron chi connectivity index (χ1n) is 7.18. The molecule has 109 valence electrons. The molecule has 1 aliphatic heterocycles. The van der Waals surface area contributed by atoms with E-state index in [9.17, 15) is 0 Å². The second-order valence-corrected chi connectivity index (χ2v) is 7.63. The number of halogens is 1. The lowest BCUT2D eigenvalue weighted by Crippen LogP contribution is -2.25. The molecular formula is C18H19INO. The van der Waals surface area contributed by atoms with Crippen molar-refractivity contribution in [3.05, 3.63) is 64.5 Å². The van der Waals surface area contributed by atoms with Crippen LogP contribution >= 0.6 is 22.6 Å². The average molecular weight is 392 g/mol. The van der Waals surface area contributed by atoms with Gasteiger partial charge in [0, 0.05) is 5.92 Å². The van der Waals surface area contributed by atoms with Crippen molar-refractivity contribution >= 4 is 28.5 Å². The summed E-state index contributed by atoms with van der Waals surface area (Å²) in [5.74, 6) is 3.13. The molecule has 21 heavy (non-hydrogen) atoms. The van der Waals surface area contributed by atoms with Gasteiger partial charge in [0.2, 0.25) is 0 Å². The van der Waals surface area contributed by atoms with Gasteiger partial charge in [0.05, 0.1) is 15.9 Å². The molecule has 0 unspecified atom stereocenters. The van der Waals surface area contributed by atoms with E-state index in [0.717, 1.165) is 11.8 Å². The molecule has 3 heteroatoms. The van der Waals surface area contributed by atoms with Crippen molar-refractivity contribution in [1.29, 1.82) is 0 Å². The van der Waals surface area contributed by atoms with Gasteiger partial charge in [-0.2, -0.15) is 0 Å². The number of hydrogen-bond acceptors (Lipinski definition) is 2. The quantitative estimate of drug-likeness (QED) is 0.683. The molecule has 1 aromatic carbocycles. The van der Waals surface area contributed by atoms with Crippen molar-refractivity contribution in [3.8, 4) is 0 Å². The fourth-order valence-electron chi connectivity index (χ4n) is 2.48. The van der Waals surface area contributed by atoms with E-state index in [-0.39, 0.29) is 11.5 Å². The highest BCUT2D eigenvalue weighted by Crippen LogP contribution is 2.49. The Kier molecular flexibility index (Phi) is 4.30. The van der Waals surface area contributed by atoms with E-state index in [1.807, 2.05) is 6.07 Å². The van der Waals surface area contributed by atoms with Gasteiger partial charge in [-0.05, 0) is 23.8 Å². The Balaban J connectivity index is 1.86. The second kappa shape index (κ2) is 5.90. The predicted molar refractivity (Wildman–Crippen MR) is 94.5 cm³/mol. The minimum absolute atomic E-state index is 0.132. The topological polar surface area (TPSA) is 21.6 Å². The third-order valence-corrected chi connectivity index (χ3v) is 4.75. The van der Waals surface area contributed by atoms with E-state index in [2.05, 4.69) is 80.5 Å². The molecule has 1 fully saturated rings. The summed E-state index contributed by atoms with van der Waals surface area (Å²) in [7, 11) is 0. The smallest absolute Gasteiger partial charge is 0.193 e. The monoisotopic (exact) mass is 392 g/mol. The summed E-state index contributed by atoms with van der Waals surface area (Å²) in [4.78, 5) is 4.84. The number of aliphatic imine (C=N–C) groups is 1. The molecule has 0 N–H and O–H groups in total. The van der Waals surface area contributed by atoms with Crippen molar-refractivity contribution in [2.24, 2.45) is 10.4 Å². The predicted octanol–water partition coefficient (Wildman–Crippen LogP) is 4.42. The van der Waals surface area contributed by atoms with Gasteiger partial charge in [-0.25, -0.2) is 4.99 Å². The van der Waals surface area contributed by atoms with Gasteiger partial charge in [0.25, 0.3) is 0 Å². The first-order chi connectivity index (χ1) is 9.97. The van der Waals surface area contributed by atoms with Gasteiger partial charge in [0.15, 0.2) is 5.90 Å². The standard InChI is InChI=1S/C18H19INO/c1-18(2,3)15-11-21-17(20-15)16-13(9-10-14(16)19)12-7-5-4-6-8-12/h4-10,15H,11H2,1-3H3/t15-/m1/s1. The Labute approximate surface area is 141 Å². The molecule has 2 nitrogen and oxygen atoms in total. The number of benzene rings is 1. The van der Waals surface area contributed by atoms with Crippen LogP contribution in [-0.4, -0.2) is 18.5 Å². The van der Waals surface area contributed by atoms with Gasteiger partial charge in [-0.3, -0.25) is 0 Å². The maximum absolute atomic E-state index is 5.92. The van der Waals surface area contributed by atoms with E-state index < -0.39 is 0 Å². The maximum atomic E-state index is 5.92. The lowest BCUT2D eigenvalue weighted by Gasteiger charge is -2.22. The van der Waals surface area contributed by atoms with E-state index >= 15 is 0 Å². The van der Waals surface area contributed by atoms with Crippen LogP contribution in [0.25, 0.3) is 0 Å². The molecule has 0 aromatic heterocycles. The van der Waals surface area contributed by atoms with Crippen LogP contribution in [-0.2, 0) is 4.74 Å². The Morgan fingerprint density at radius 2 is 1.86 bits per heavy atom. The van der Waals surface area contributed by atoms with Crippen LogP contribution in [0.4, 0.5) is 0 Å². The second-order valence-electron chi connectivity index (χ2n) is 6.46. The Morgan fingerprint density at radius 3 is 2.48 bits per heavy atom. The highest BCUT2D eigenvalue weighted by atomic mass is 127. The van der Waals surface area contributed by atoms with Gasteiger partial charge in [0.1, 0.15) is 6.61 Å². The zero-order valence-electron chi connectivity index (χ0n) is 12.6. The minimum atomic E-state index is 0.132. The molecule has 2 aliphatic rings. The molecule has 1 aromatic rings. The molecule has 0 saturated heterocycles. The third kappa shape index (κ3) is 3.13. The molecule has 1 aliphatic carbocycles. The van der Waals surface area contributed by atoms with E-state index in [0.29, 0.717) is 6.61 Å². The summed E-state index contributed by atoms with van der Waals surface area (Å²) < 4.78 is 7.12. The Bertz CT molecular complexity index is 520. The average Bonchev–Trinajstić information content (AvgIpc) is 3.05.